The number of nitrogens with one attached hydrogen (secondary N) is 2. The summed E-state index contributed by atoms with van der Waals surface area (Å²) in [7, 11) is 0. The van der Waals surface area contributed by atoms with Gasteiger partial charge in [0, 0.05) is 25.2 Å². The molecule has 1 saturated heterocycles. The quantitative estimate of drug-likeness (QED) is 0.816. The van der Waals surface area contributed by atoms with E-state index < -0.39 is 6.04 Å². The average Bonchev–Trinajstić information content (AvgIpc) is 3.32. The molecular formula is C19H26ClN3O2. The minimum atomic E-state index is -0.571. The monoisotopic (exact) mass is 363 g/mol. The predicted octanol–water partition coefficient (Wildman–Crippen LogP) is 2.45. The highest BCUT2D eigenvalue weighted by molar-refractivity contribution is 6.33. The highest BCUT2D eigenvalue weighted by atomic mass is 35.5. The molecule has 5 nitrogen and oxygen atoms in total. The highest BCUT2D eigenvalue weighted by Gasteiger charge is 2.36. The molecule has 0 bridgehead atoms. The summed E-state index contributed by atoms with van der Waals surface area (Å²) in [5.41, 5.74) is 0.392. The smallest absolute Gasteiger partial charge is 0.253 e. The van der Waals surface area contributed by atoms with Crippen molar-refractivity contribution >= 4 is 23.4 Å². The van der Waals surface area contributed by atoms with Gasteiger partial charge in [0.15, 0.2) is 0 Å². The van der Waals surface area contributed by atoms with Crippen molar-refractivity contribution in [1.82, 2.24) is 15.5 Å². The number of carbonyl (C=O) groups is 2. The first-order valence-electron chi connectivity index (χ1n) is 9.05. The minimum Gasteiger partial charge on any atom is -0.350 e. The molecule has 2 fully saturated rings. The Morgan fingerprint density at radius 2 is 1.92 bits per heavy atom. The maximum absolute atomic E-state index is 12.7. The van der Waals surface area contributed by atoms with E-state index in [9.17, 15) is 9.59 Å². The fourth-order valence-electron chi connectivity index (χ4n) is 3.37. The minimum absolute atomic E-state index is 0.00706. The standard InChI is InChI=1S/C19H26ClN3O2/c1-12(2)17(22-18(24)15-5-3-4-6-16(15)20)19(25)21-13-9-10-23(11-13)14-7-8-14/h3-6,12-14,17H,7-11H2,1-2H3,(H,21,25)(H,22,24). The van der Waals surface area contributed by atoms with Crippen LogP contribution in [0.5, 0.6) is 0 Å². The second-order valence-electron chi connectivity index (χ2n) is 7.40. The van der Waals surface area contributed by atoms with Crippen LogP contribution in [-0.4, -0.2) is 47.9 Å². The molecule has 1 aliphatic carbocycles. The lowest BCUT2D eigenvalue weighted by Gasteiger charge is -2.24. The van der Waals surface area contributed by atoms with Gasteiger partial charge in [-0.3, -0.25) is 14.5 Å². The van der Waals surface area contributed by atoms with Crippen LogP contribution >= 0.6 is 11.6 Å². The van der Waals surface area contributed by atoms with Crippen molar-refractivity contribution in [2.24, 2.45) is 5.92 Å². The van der Waals surface area contributed by atoms with Crippen molar-refractivity contribution in [2.75, 3.05) is 13.1 Å². The molecule has 2 atom stereocenters. The largest absolute Gasteiger partial charge is 0.350 e. The molecule has 136 valence electrons. The lowest BCUT2D eigenvalue weighted by molar-refractivity contribution is -0.124. The van der Waals surface area contributed by atoms with Gasteiger partial charge in [0.25, 0.3) is 5.91 Å². The molecule has 1 saturated carbocycles. The third-order valence-corrected chi connectivity index (χ3v) is 5.31. The Morgan fingerprint density at radius 3 is 2.56 bits per heavy atom. The number of amides is 2. The summed E-state index contributed by atoms with van der Waals surface area (Å²) in [6.07, 6.45) is 3.54. The maximum Gasteiger partial charge on any atom is 0.253 e. The number of likely N-dealkylation sites (tertiary alicyclic amines) is 1. The van der Waals surface area contributed by atoms with Gasteiger partial charge in [-0.05, 0) is 37.3 Å². The summed E-state index contributed by atoms with van der Waals surface area (Å²) in [5.74, 6) is -0.434. The van der Waals surface area contributed by atoms with Crippen LogP contribution in [0.4, 0.5) is 0 Å². The van der Waals surface area contributed by atoms with E-state index in [-0.39, 0.29) is 23.8 Å². The molecule has 2 N–H and O–H groups in total. The normalized spacial score (nSPS) is 22.0. The molecule has 0 radical (unpaired) electrons. The van der Waals surface area contributed by atoms with Crippen LogP contribution in [0, 0.1) is 5.92 Å². The molecule has 1 heterocycles. The molecule has 1 aromatic carbocycles. The van der Waals surface area contributed by atoms with Crippen LogP contribution in [0.15, 0.2) is 24.3 Å². The summed E-state index contributed by atoms with van der Waals surface area (Å²) in [5, 5.41) is 6.35. The van der Waals surface area contributed by atoms with Gasteiger partial charge in [-0.2, -0.15) is 0 Å². The molecule has 2 aliphatic rings. The second kappa shape index (κ2) is 7.75. The SMILES string of the molecule is CC(C)C(NC(=O)c1ccccc1Cl)C(=O)NC1CCN(C2CC2)C1. The first-order valence-corrected chi connectivity index (χ1v) is 9.43. The van der Waals surface area contributed by atoms with Gasteiger partial charge in [0.05, 0.1) is 10.6 Å². The van der Waals surface area contributed by atoms with E-state index in [4.69, 9.17) is 11.6 Å². The van der Waals surface area contributed by atoms with Crippen molar-refractivity contribution in [3.63, 3.8) is 0 Å². The number of nitrogens with zero attached hydrogens (tertiary/aromatic N) is 1. The predicted molar refractivity (Wildman–Crippen MR) is 98.7 cm³/mol. The fourth-order valence-corrected chi connectivity index (χ4v) is 3.59. The van der Waals surface area contributed by atoms with Crippen LogP contribution in [0.25, 0.3) is 0 Å². The van der Waals surface area contributed by atoms with Gasteiger partial charge >= 0.3 is 0 Å². The summed E-state index contributed by atoms with van der Waals surface area (Å²) < 4.78 is 0. The van der Waals surface area contributed by atoms with Crippen molar-refractivity contribution < 1.29 is 9.59 Å². The zero-order valence-electron chi connectivity index (χ0n) is 14.8. The summed E-state index contributed by atoms with van der Waals surface area (Å²) in [4.78, 5) is 27.7. The Morgan fingerprint density at radius 1 is 1.20 bits per heavy atom. The highest BCUT2D eigenvalue weighted by Crippen LogP contribution is 2.29. The number of halogens is 1. The van der Waals surface area contributed by atoms with Gasteiger partial charge in [-0.15, -0.1) is 0 Å². The lowest BCUT2D eigenvalue weighted by atomic mass is 10.0. The van der Waals surface area contributed by atoms with E-state index in [1.165, 1.54) is 12.8 Å². The second-order valence-corrected chi connectivity index (χ2v) is 7.80. The first-order chi connectivity index (χ1) is 12.0. The number of rotatable bonds is 6. The molecule has 0 aromatic heterocycles. The van der Waals surface area contributed by atoms with Crippen molar-refractivity contribution in [3.8, 4) is 0 Å². The summed E-state index contributed by atoms with van der Waals surface area (Å²) in [6.45, 7) is 5.83. The zero-order chi connectivity index (χ0) is 18.0. The molecule has 1 aromatic rings. The van der Waals surface area contributed by atoms with E-state index in [1.54, 1.807) is 24.3 Å². The molecule has 6 heteroatoms. The topological polar surface area (TPSA) is 61.4 Å². The molecule has 2 unspecified atom stereocenters. The Bertz CT molecular complexity index is 645. The van der Waals surface area contributed by atoms with Gasteiger partial charge in [-0.1, -0.05) is 37.6 Å². The molecule has 25 heavy (non-hydrogen) atoms. The number of hydrogen-bond donors (Lipinski definition) is 2. The summed E-state index contributed by atoms with van der Waals surface area (Å²) in [6, 6.07) is 7.20. The third-order valence-electron chi connectivity index (χ3n) is 4.98. The molecule has 2 amide bonds. The summed E-state index contributed by atoms with van der Waals surface area (Å²) >= 11 is 6.08. The van der Waals surface area contributed by atoms with E-state index >= 15 is 0 Å². The van der Waals surface area contributed by atoms with Gasteiger partial charge in [-0.25, -0.2) is 0 Å². The van der Waals surface area contributed by atoms with E-state index in [1.807, 2.05) is 13.8 Å². The third kappa shape index (κ3) is 4.53. The van der Waals surface area contributed by atoms with E-state index in [2.05, 4.69) is 15.5 Å². The van der Waals surface area contributed by atoms with Gasteiger partial charge < -0.3 is 10.6 Å². The zero-order valence-corrected chi connectivity index (χ0v) is 15.6. The Kier molecular flexibility index (Phi) is 5.64. The Balaban J connectivity index is 1.59. The van der Waals surface area contributed by atoms with Gasteiger partial charge in [0.2, 0.25) is 5.91 Å². The van der Waals surface area contributed by atoms with Crippen LogP contribution in [-0.2, 0) is 4.79 Å². The fraction of sp³-hybridized carbons (Fsp3) is 0.579. The number of benzene rings is 1. The maximum atomic E-state index is 12.7. The van der Waals surface area contributed by atoms with Crippen molar-refractivity contribution in [3.05, 3.63) is 34.9 Å². The van der Waals surface area contributed by atoms with Crippen LogP contribution in [0.3, 0.4) is 0 Å². The van der Waals surface area contributed by atoms with Crippen LogP contribution in [0.1, 0.15) is 43.5 Å². The van der Waals surface area contributed by atoms with E-state index in [0.29, 0.717) is 10.6 Å². The number of carbonyl (C=O) groups excluding carboxylic acids is 2. The molecule has 3 rings (SSSR count). The van der Waals surface area contributed by atoms with Gasteiger partial charge in [0.1, 0.15) is 6.04 Å². The number of hydrogen-bond acceptors (Lipinski definition) is 3. The Labute approximate surface area is 154 Å². The molecular weight excluding hydrogens is 338 g/mol. The van der Waals surface area contributed by atoms with Crippen LogP contribution < -0.4 is 10.6 Å². The average molecular weight is 364 g/mol. The van der Waals surface area contributed by atoms with E-state index in [0.717, 1.165) is 25.6 Å². The first kappa shape index (κ1) is 18.2. The molecule has 1 aliphatic heterocycles. The Hall–Kier alpha value is -1.59. The van der Waals surface area contributed by atoms with Crippen LogP contribution in [0.2, 0.25) is 5.02 Å². The lowest BCUT2D eigenvalue weighted by Crippen LogP contribution is -2.52. The van der Waals surface area contributed by atoms with Crippen molar-refractivity contribution in [2.45, 2.75) is 51.2 Å². The van der Waals surface area contributed by atoms with Crippen molar-refractivity contribution in [1.29, 1.82) is 0 Å². The molecule has 0 spiro atoms.